The van der Waals surface area contributed by atoms with Crippen molar-refractivity contribution in [3.8, 4) is 0 Å². The molecule has 0 aromatic rings. The summed E-state index contributed by atoms with van der Waals surface area (Å²) in [4.78, 5) is 0. The van der Waals surface area contributed by atoms with Crippen LogP contribution in [0.1, 0.15) is 52.4 Å². The van der Waals surface area contributed by atoms with Crippen molar-refractivity contribution in [3.63, 3.8) is 0 Å². The monoisotopic (exact) mass is 298 g/mol. The Morgan fingerprint density at radius 1 is 1.05 bits per heavy atom. The summed E-state index contributed by atoms with van der Waals surface area (Å²) in [7, 11) is -4.17. The van der Waals surface area contributed by atoms with Gasteiger partial charge < -0.3 is 10.5 Å². The van der Waals surface area contributed by atoms with Crippen molar-refractivity contribution in [1.82, 2.24) is 0 Å². The standard InChI is InChI=1S/C12H27NO.H3NO3S/c1-12(2)8-5-3-4-6-10-14-11-7-9-13;1-5(2,3)4/h12H,3-11,13H2,1-2H3;(H3,1,2,3,4). The van der Waals surface area contributed by atoms with E-state index in [0.717, 1.165) is 32.1 Å². The summed E-state index contributed by atoms with van der Waals surface area (Å²) in [6.45, 7) is 7.07. The lowest BCUT2D eigenvalue weighted by Gasteiger charge is -2.05. The molecule has 0 fully saturated rings. The van der Waals surface area contributed by atoms with Crippen LogP contribution in [0.4, 0.5) is 0 Å². The third kappa shape index (κ3) is 38.1. The minimum atomic E-state index is -4.17. The van der Waals surface area contributed by atoms with Crippen molar-refractivity contribution >= 4 is 10.3 Å². The molecule has 0 saturated heterocycles. The quantitative estimate of drug-likeness (QED) is 0.419. The van der Waals surface area contributed by atoms with Gasteiger partial charge in [-0.1, -0.05) is 39.5 Å². The topological polar surface area (TPSA) is 116 Å². The molecule has 7 heteroatoms. The van der Waals surface area contributed by atoms with Gasteiger partial charge >= 0.3 is 10.3 Å². The minimum absolute atomic E-state index is 0.744. The molecule has 118 valence electrons. The Balaban J connectivity index is 0. The zero-order valence-corrected chi connectivity index (χ0v) is 13.0. The second-order valence-corrected chi connectivity index (χ2v) is 5.90. The van der Waals surface area contributed by atoms with Crippen LogP contribution in [-0.2, 0) is 15.0 Å². The SMILES string of the molecule is CC(C)CCCCCCOCCCN.NS(=O)(=O)O. The number of nitrogens with two attached hydrogens (primary N) is 2. The van der Waals surface area contributed by atoms with Crippen molar-refractivity contribution in [3.05, 3.63) is 0 Å². The number of ether oxygens (including phenoxy) is 1. The van der Waals surface area contributed by atoms with Gasteiger partial charge in [-0.05, 0) is 25.3 Å². The molecule has 0 saturated carbocycles. The molecule has 0 aromatic heterocycles. The molecule has 0 atom stereocenters. The first-order chi connectivity index (χ1) is 8.77. The van der Waals surface area contributed by atoms with Crippen LogP contribution in [0.2, 0.25) is 0 Å². The van der Waals surface area contributed by atoms with E-state index in [1.54, 1.807) is 0 Å². The van der Waals surface area contributed by atoms with E-state index in [1.165, 1.54) is 32.1 Å². The molecule has 6 nitrogen and oxygen atoms in total. The molecule has 0 aliphatic rings. The Morgan fingerprint density at radius 2 is 1.53 bits per heavy atom. The Hall–Kier alpha value is -0.210. The third-order valence-corrected chi connectivity index (χ3v) is 2.31. The van der Waals surface area contributed by atoms with Gasteiger partial charge in [-0.3, -0.25) is 4.55 Å². The van der Waals surface area contributed by atoms with Crippen LogP contribution < -0.4 is 10.9 Å². The molecular weight excluding hydrogens is 268 g/mol. The lowest BCUT2D eigenvalue weighted by Crippen LogP contribution is -2.08. The second kappa shape index (κ2) is 14.2. The van der Waals surface area contributed by atoms with Gasteiger partial charge in [-0.2, -0.15) is 8.42 Å². The summed E-state index contributed by atoms with van der Waals surface area (Å²) in [5.41, 5.74) is 5.36. The fourth-order valence-electron chi connectivity index (χ4n) is 1.40. The van der Waals surface area contributed by atoms with Crippen LogP contribution in [-0.4, -0.2) is 32.7 Å². The molecular formula is C12H30N2O4S. The summed E-state index contributed by atoms with van der Waals surface area (Å²) in [5, 5.41) is 3.88. The molecule has 0 aliphatic carbocycles. The molecule has 0 rings (SSSR count). The lowest BCUT2D eigenvalue weighted by molar-refractivity contribution is 0.129. The second-order valence-electron chi connectivity index (χ2n) is 4.87. The fourth-order valence-corrected chi connectivity index (χ4v) is 1.40. The van der Waals surface area contributed by atoms with Crippen molar-refractivity contribution in [1.29, 1.82) is 0 Å². The predicted molar refractivity (Wildman–Crippen MR) is 78.1 cm³/mol. The van der Waals surface area contributed by atoms with Crippen LogP contribution in [0.5, 0.6) is 0 Å². The normalized spacial score (nSPS) is 11.3. The number of hydrogen-bond donors (Lipinski definition) is 3. The molecule has 0 aliphatic heterocycles. The maximum atomic E-state index is 8.97. The van der Waals surface area contributed by atoms with Gasteiger partial charge in [0, 0.05) is 13.2 Å². The van der Waals surface area contributed by atoms with Gasteiger partial charge in [0.15, 0.2) is 0 Å². The van der Waals surface area contributed by atoms with Crippen molar-refractivity contribution in [2.45, 2.75) is 52.4 Å². The molecule has 0 bridgehead atoms. The summed E-state index contributed by atoms with van der Waals surface area (Å²) in [6.07, 6.45) is 7.62. The molecule has 0 aromatic carbocycles. The van der Waals surface area contributed by atoms with Gasteiger partial charge in [0.05, 0.1) is 0 Å². The smallest absolute Gasteiger partial charge is 0.330 e. The predicted octanol–water partition coefficient (Wildman–Crippen LogP) is 1.71. The summed E-state index contributed by atoms with van der Waals surface area (Å²) >= 11 is 0. The maximum absolute atomic E-state index is 8.97. The maximum Gasteiger partial charge on any atom is 0.330 e. The zero-order chi connectivity index (χ0) is 15.1. The molecule has 0 unspecified atom stereocenters. The van der Waals surface area contributed by atoms with Gasteiger partial charge in [0.2, 0.25) is 0 Å². The molecule has 0 radical (unpaired) electrons. The average molecular weight is 298 g/mol. The van der Waals surface area contributed by atoms with Crippen LogP contribution >= 0.6 is 0 Å². The largest absolute Gasteiger partial charge is 0.381 e. The average Bonchev–Trinajstić information content (AvgIpc) is 2.24. The van der Waals surface area contributed by atoms with E-state index < -0.39 is 10.3 Å². The van der Waals surface area contributed by atoms with Crippen LogP contribution in [0.15, 0.2) is 0 Å². The van der Waals surface area contributed by atoms with Crippen molar-refractivity contribution < 1.29 is 17.7 Å². The highest BCUT2D eigenvalue weighted by atomic mass is 32.2. The number of unbranched alkanes of at least 4 members (excludes halogenated alkanes) is 3. The third-order valence-electron chi connectivity index (χ3n) is 2.31. The Labute approximate surface area is 117 Å². The molecule has 0 spiro atoms. The first kappa shape index (κ1) is 21.1. The Morgan fingerprint density at radius 3 is 2.00 bits per heavy atom. The van der Waals surface area contributed by atoms with Gasteiger partial charge in [0.25, 0.3) is 0 Å². The first-order valence-electron chi connectivity index (χ1n) is 6.80. The van der Waals surface area contributed by atoms with E-state index in [0.29, 0.717) is 0 Å². The highest BCUT2D eigenvalue weighted by Gasteiger charge is 1.94. The summed E-state index contributed by atoms with van der Waals surface area (Å²) < 4.78 is 30.6. The van der Waals surface area contributed by atoms with E-state index in [4.69, 9.17) is 23.4 Å². The van der Waals surface area contributed by atoms with Crippen LogP contribution in [0.25, 0.3) is 0 Å². The van der Waals surface area contributed by atoms with E-state index in [9.17, 15) is 0 Å². The van der Waals surface area contributed by atoms with Gasteiger partial charge in [-0.15, -0.1) is 0 Å². The Kier molecular flexibility index (Phi) is 15.8. The molecule has 0 heterocycles. The van der Waals surface area contributed by atoms with E-state index in [-0.39, 0.29) is 0 Å². The highest BCUT2D eigenvalue weighted by molar-refractivity contribution is 7.83. The van der Waals surface area contributed by atoms with Crippen LogP contribution in [0, 0.1) is 5.92 Å². The first-order valence-corrected chi connectivity index (χ1v) is 8.30. The summed E-state index contributed by atoms with van der Waals surface area (Å²) in [6, 6.07) is 0. The highest BCUT2D eigenvalue weighted by Crippen LogP contribution is 2.09. The van der Waals surface area contributed by atoms with Gasteiger partial charge in [0.1, 0.15) is 0 Å². The van der Waals surface area contributed by atoms with E-state index in [1.807, 2.05) is 0 Å². The van der Waals surface area contributed by atoms with Crippen molar-refractivity contribution in [2.75, 3.05) is 19.8 Å². The fraction of sp³-hybridized carbons (Fsp3) is 1.00. The Bertz CT molecular complexity index is 261. The molecule has 0 amide bonds. The molecule has 19 heavy (non-hydrogen) atoms. The number of hydrogen-bond acceptors (Lipinski definition) is 4. The van der Waals surface area contributed by atoms with Crippen LogP contribution in [0.3, 0.4) is 0 Å². The molecule has 5 N–H and O–H groups in total. The summed E-state index contributed by atoms with van der Waals surface area (Å²) in [5.74, 6) is 0.857. The lowest BCUT2D eigenvalue weighted by atomic mass is 10.0. The minimum Gasteiger partial charge on any atom is -0.381 e. The van der Waals surface area contributed by atoms with E-state index in [2.05, 4.69) is 19.0 Å². The van der Waals surface area contributed by atoms with E-state index >= 15 is 0 Å². The van der Waals surface area contributed by atoms with Gasteiger partial charge in [-0.25, -0.2) is 5.14 Å². The van der Waals surface area contributed by atoms with Crippen molar-refractivity contribution in [2.24, 2.45) is 16.8 Å². The zero-order valence-electron chi connectivity index (χ0n) is 12.2. The number of rotatable bonds is 10.